The van der Waals surface area contributed by atoms with E-state index in [2.05, 4.69) is 4.74 Å². The fourth-order valence-electron chi connectivity index (χ4n) is 0.868. The molecule has 15 heavy (non-hydrogen) atoms. The third kappa shape index (κ3) is 6.51. The van der Waals surface area contributed by atoms with Crippen LogP contribution in [0.3, 0.4) is 0 Å². The second-order valence-electron chi connectivity index (χ2n) is 3.56. The Morgan fingerprint density at radius 3 is 1.93 bits per heavy atom. The summed E-state index contributed by atoms with van der Waals surface area (Å²) >= 11 is 0. The summed E-state index contributed by atoms with van der Waals surface area (Å²) in [5, 5.41) is 7.50. The summed E-state index contributed by atoms with van der Waals surface area (Å²) in [4.78, 5) is 9.15. The molecule has 0 aliphatic carbocycles. The first-order chi connectivity index (χ1) is 6.88. The fourth-order valence-corrected chi connectivity index (χ4v) is 0.868. The number of carbonyl (C=O) groups is 1. The normalized spacial score (nSPS) is 9.87. The number of benzene rings is 1. The molecule has 1 aromatic carbocycles. The Morgan fingerprint density at radius 1 is 1.33 bits per heavy atom. The highest BCUT2D eigenvalue weighted by Gasteiger charge is 2.11. The zero-order valence-corrected chi connectivity index (χ0v) is 9.23. The number of hydrogen-bond acceptors (Lipinski definition) is 3. The van der Waals surface area contributed by atoms with Gasteiger partial charge in [-0.3, -0.25) is 0 Å². The first-order valence-corrected chi connectivity index (χ1v) is 4.49. The third-order valence-corrected chi connectivity index (χ3v) is 1.69. The predicted molar refractivity (Wildman–Crippen MR) is 58.7 cm³/mol. The molecule has 0 saturated heterocycles. The standard InChI is InChI=1S/C9H13N.C2H4O3/c1-9(2,10)8-6-4-3-5-7-8;1-5-2(3)4/h3-7H,10H2,1-2H3;1H3,(H,3,4). The molecular formula is C11H17NO3. The molecule has 0 bridgehead atoms. The van der Waals surface area contributed by atoms with Crippen molar-refractivity contribution in [2.45, 2.75) is 19.4 Å². The Morgan fingerprint density at radius 2 is 1.73 bits per heavy atom. The van der Waals surface area contributed by atoms with Gasteiger partial charge in [0.25, 0.3) is 0 Å². The SMILES string of the molecule is CC(C)(N)c1ccccc1.COC(=O)O. The van der Waals surface area contributed by atoms with E-state index in [1.807, 2.05) is 44.2 Å². The molecule has 0 aliphatic heterocycles. The fraction of sp³-hybridized carbons (Fsp3) is 0.364. The van der Waals surface area contributed by atoms with Crippen molar-refractivity contribution in [1.82, 2.24) is 0 Å². The molecule has 4 heteroatoms. The van der Waals surface area contributed by atoms with Gasteiger partial charge in [0.15, 0.2) is 0 Å². The van der Waals surface area contributed by atoms with Gasteiger partial charge >= 0.3 is 6.16 Å². The quantitative estimate of drug-likeness (QED) is 0.698. The van der Waals surface area contributed by atoms with Crippen molar-refractivity contribution >= 4 is 6.16 Å². The molecule has 0 heterocycles. The van der Waals surface area contributed by atoms with Gasteiger partial charge in [-0.1, -0.05) is 30.3 Å². The number of rotatable bonds is 1. The summed E-state index contributed by atoms with van der Waals surface area (Å²) < 4.78 is 3.67. The maximum absolute atomic E-state index is 9.15. The van der Waals surface area contributed by atoms with Gasteiger partial charge < -0.3 is 15.6 Å². The first kappa shape index (κ1) is 13.4. The molecule has 0 aromatic heterocycles. The van der Waals surface area contributed by atoms with Crippen LogP contribution < -0.4 is 5.73 Å². The van der Waals surface area contributed by atoms with Crippen LogP contribution in [0.5, 0.6) is 0 Å². The summed E-state index contributed by atoms with van der Waals surface area (Å²) in [6.07, 6.45) is -1.25. The molecule has 0 atom stereocenters. The molecule has 1 rings (SSSR count). The topological polar surface area (TPSA) is 72.5 Å². The van der Waals surface area contributed by atoms with E-state index in [0.717, 1.165) is 7.11 Å². The van der Waals surface area contributed by atoms with E-state index < -0.39 is 6.16 Å². The monoisotopic (exact) mass is 211 g/mol. The first-order valence-electron chi connectivity index (χ1n) is 4.49. The zero-order valence-electron chi connectivity index (χ0n) is 9.23. The van der Waals surface area contributed by atoms with Crippen molar-refractivity contribution in [3.8, 4) is 0 Å². The van der Waals surface area contributed by atoms with Gasteiger partial charge in [-0.25, -0.2) is 4.79 Å². The van der Waals surface area contributed by atoms with Gasteiger partial charge in [-0.15, -0.1) is 0 Å². The lowest BCUT2D eigenvalue weighted by Crippen LogP contribution is -2.28. The maximum Gasteiger partial charge on any atom is 0.505 e. The van der Waals surface area contributed by atoms with E-state index in [1.165, 1.54) is 5.56 Å². The molecule has 0 spiro atoms. The van der Waals surface area contributed by atoms with Crippen molar-refractivity contribution < 1.29 is 14.6 Å². The Bertz CT molecular complexity index is 290. The van der Waals surface area contributed by atoms with Crippen molar-refractivity contribution in [2.24, 2.45) is 5.73 Å². The summed E-state index contributed by atoms with van der Waals surface area (Å²) in [5.74, 6) is 0. The van der Waals surface area contributed by atoms with E-state index >= 15 is 0 Å². The molecule has 1 aromatic rings. The lowest BCUT2D eigenvalue weighted by atomic mass is 9.96. The van der Waals surface area contributed by atoms with E-state index in [4.69, 9.17) is 15.6 Å². The van der Waals surface area contributed by atoms with Crippen molar-refractivity contribution in [2.75, 3.05) is 7.11 Å². The Labute approximate surface area is 89.7 Å². The van der Waals surface area contributed by atoms with Crippen LogP contribution in [-0.4, -0.2) is 18.4 Å². The van der Waals surface area contributed by atoms with Crippen molar-refractivity contribution in [3.63, 3.8) is 0 Å². The Kier molecular flexibility index (Phi) is 5.41. The minimum atomic E-state index is -1.25. The van der Waals surface area contributed by atoms with Crippen LogP contribution in [-0.2, 0) is 10.3 Å². The maximum atomic E-state index is 9.15. The average molecular weight is 211 g/mol. The van der Waals surface area contributed by atoms with Gasteiger partial charge in [0.05, 0.1) is 7.11 Å². The second kappa shape index (κ2) is 6.03. The summed E-state index contributed by atoms with van der Waals surface area (Å²) in [6.45, 7) is 4.00. The minimum Gasteiger partial charge on any atom is -0.450 e. The lowest BCUT2D eigenvalue weighted by molar-refractivity contribution is 0.114. The van der Waals surface area contributed by atoms with Crippen molar-refractivity contribution in [1.29, 1.82) is 0 Å². The third-order valence-electron chi connectivity index (χ3n) is 1.69. The van der Waals surface area contributed by atoms with Crippen LogP contribution in [0.1, 0.15) is 19.4 Å². The number of nitrogens with two attached hydrogens (primary N) is 1. The number of ether oxygens (including phenoxy) is 1. The minimum absolute atomic E-state index is 0.207. The molecule has 0 aliphatic rings. The van der Waals surface area contributed by atoms with E-state index in [9.17, 15) is 0 Å². The molecule has 0 fully saturated rings. The highest BCUT2D eigenvalue weighted by Crippen LogP contribution is 2.14. The highest BCUT2D eigenvalue weighted by atomic mass is 16.6. The van der Waals surface area contributed by atoms with Crippen LogP contribution in [0.2, 0.25) is 0 Å². The number of hydrogen-bond donors (Lipinski definition) is 2. The van der Waals surface area contributed by atoms with E-state index in [1.54, 1.807) is 0 Å². The average Bonchev–Trinajstić information content (AvgIpc) is 2.19. The summed E-state index contributed by atoms with van der Waals surface area (Å²) in [6, 6.07) is 10.1. The van der Waals surface area contributed by atoms with E-state index in [-0.39, 0.29) is 5.54 Å². The van der Waals surface area contributed by atoms with Crippen LogP contribution in [0.4, 0.5) is 4.79 Å². The van der Waals surface area contributed by atoms with E-state index in [0.29, 0.717) is 0 Å². The molecule has 0 unspecified atom stereocenters. The van der Waals surface area contributed by atoms with Gasteiger partial charge in [0.1, 0.15) is 0 Å². The number of carboxylic acid groups (broad SMARTS) is 1. The smallest absolute Gasteiger partial charge is 0.450 e. The largest absolute Gasteiger partial charge is 0.505 e. The molecule has 3 N–H and O–H groups in total. The van der Waals surface area contributed by atoms with Crippen molar-refractivity contribution in [3.05, 3.63) is 35.9 Å². The van der Waals surface area contributed by atoms with Crippen LogP contribution in [0, 0.1) is 0 Å². The Hall–Kier alpha value is -1.55. The predicted octanol–water partition coefficient (Wildman–Crippen LogP) is 2.19. The molecular weight excluding hydrogens is 194 g/mol. The second-order valence-corrected chi connectivity index (χ2v) is 3.56. The molecule has 0 radical (unpaired) electrons. The highest BCUT2D eigenvalue weighted by molar-refractivity contribution is 5.56. The van der Waals surface area contributed by atoms with Crippen LogP contribution in [0.15, 0.2) is 30.3 Å². The van der Waals surface area contributed by atoms with Crippen LogP contribution >= 0.6 is 0 Å². The van der Waals surface area contributed by atoms with Gasteiger partial charge in [-0.2, -0.15) is 0 Å². The molecule has 0 saturated carbocycles. The van der Waals surface area contributed by atoms with Gasteiger partial charge in [-0.05, 0) is 19.4 Å². The molecule has 84 valence electrons. The van der Waals surface area contributed by atoms with Gasteiger partial charge in [0, 0.05) is 5.54 Å². The molecule has 0 amide bonds. The summed E-state index contributed by atoms with van der Waals surface area (Å²) in [5.41, 5.74) is 6.83. The van der Waals surface area contributed by atoms with Gasteiger partial charge in [0.2, 0.25) is 0 Å². The number of methoxy groups -OCH3 is 1. The lowest BCUT2D eigenvalue weighted by Gasteiger charge is -2.18. The zero-order chi connectivity index (χ0) is 11.9. The van der Waals surface area contributed by atoms with Crippen LogP contribution in [0.25, 0.3) is 0 Å². The Balaban J connectivity index is 0.000000336. The summed E-state index contributed by atoms with van der Waals surface area (Å²) in [7, 11) is 1.10. The molecule has 4 nitrogen and oxygen atoms in total.